The zero-order valence-electron chi connectivity index (χ0n) is 10.8. The van der Waals surface area contributed by atoms with Crippen molar-refractivity contribution in [1.82, 2.24) is 29.9 Å². The molecule has 3 aromatic rings. The molecule has 0 spiro atoms. The standard InChI is InChI=1S/C12H11ClN6S/c1-6(2)7-9(13)15-4-18-11(7)20-12-8-10(16-3-14-8)17-5-19-12/h3-6H,1-2H3,(H,14,16,17,19). The number of aromatic nitrogens is 6. The lowest BCUT2D eigenvalue weighted by molar-refractivity contribution is 0.802. The van der Waals surface area contributed by atoms with Gasteiger partial charge in [0.15, 0.2) is 5.65 Å². The molecule has 0 unspecified atom stereocenters. The number of rotatable bonds is 3. The van der Waals surface area contributed by atoms with Crippen LogP contribution < -0.4 is 0 Å². The van der Waals surface area contributed by atoms with Crippen LogP contribution in [0.1, 0.15) is 25.3 Å². The Morgan fingerprint density at radius 2 is 1.80 bits per heavy atom. The number of imidazole rings is 1. The molecular formula is C12H11ClN6S. The monoisotopic (exact) mass is 306 g/mol. The molecule has 20 heavy (non-hydrogen) atoms. The number of halogens is 1. The Morgan fingerprint density at radius 3 is 2.60 bits per heavy atom. The van der Waals surface area contributed by atoms with Gasteiger partial charge in [-0.25, -0.2) is 24.9 Å². The molecule has 0 saturated carbocycles. The predicted molar refractivity (Wildman–Crippen MR) is 76.9 cm³/mol. The van der Waals surface area contributed by atoms with Crippen LogP contribution in [0.5, 0.6) is 0 Å². The molecule has 0 radical (unpaired) electrons. The first-order chi connectivity index (χ1) is 9.66. The third-order valence-electron chi connectivity index (χ3n) is 2.76. The summed E-state index contributed by atoms with van der Waals surface area (Å²) < 4.78 is 0. The van der Waals surface area contributed by atoms with Crippen LogP contribution in [-0.4, -0.2) is 29.9 Å². The number of nitrogens with one attached hydrogen (secondary N) is 1. The molecule has 3 aromatic heterocycles. The zero-order chi connectivity index (χ0) is 14.1. The van der Waals surface area contributed by atoms with Crippen molar-refractivity contribution in [2.45, 2.75) is 29.8 Å². The molecule has 0 aliphatic carbocycles. The van der Waals surface area contributed by atoms with E-state index in [1.54, 1.807) is 6.33 Å². The van der Waals surface area contributed by atoms with Gasteiger partial charge in [-0.2, -0.15) is 0 Å². The lowest BCUT2D eigenvalue weighted by atomic mass is 10.1. The highest BCUT2D eigenvalue weighted by molar-refractivity contribution is 7.99. The van der Waals surface area contributed by atoms with Gasteiger partial charge in [-0.15, -0.1) is 0 Å². The minimum Gasteiger partial charge on any atom is -0.341 e. The highest BCUT2D eigenvalue weighted by atomic mass is 35.5. The van der Waals surface area contributed by atoms with E-state index in [9.17, 15) is 0 Å². The summed E-state index contributed by atoms with van der Waals surface area (Å²) in [6, 6.07) is 0. The lowest BCUT2D eigenvalue weighted by Gasteiger charge is -2.11. The second kappa shape index (κ2) is 5.34. The Balaban J connectivity index is 2.08. The van der Waals surface area contributed by atoms with Crippen LogP contribution in [0.4, 0.5) is 0 Å². The summed E-state index contributed by atoms with van der Waals surface area (Å²) in [5.74, 6) is 0.227. The van der Waals surface area contributed by atoms with Crippen molar-refractivity contribution in [3.63, 3.8) is 0 Å². The van der Waals surface area contributed by atoms with Crippen LogP contribution in [0.2, 0.25) is 5.15 Å². The zero-order valence-corrected chi connectivity index (χ0v) is 12.4. The van der Waals surface area contributed by atoms with Gasteiger partial charge in [0, 0.05) is 5.56 Å². The highest BCUT2D eigenvalue weighted by Gasteiger charge is 2.17. The van der Waals surface area contributed by atoms with Gasteiger partial charge in [0.25, 0.3) is 0 Å². The fraction of sp³-hybridized carbons (Fsp3) is 0.250. The van der Waals surface area contributed by atoms with E-state index in [1.165, 1.54) is 24.4 Å². The normalized spacial score (nSPS) is 11.4. The first-order valence-corrected chi connectivity index (χ1v) is 7.18. The summed E-state index contributed by atoms with van der Waals surface area (Å²) in [6.45, 7) is 4.11. The summed E-state index contributed by atoms with van der Waals surface area (Å²) >= 11 is 7.60. The van der Waals surface area contributed by atoms with E-state index >= 15 is 0 Å². The van der Waals surface area contributed by atoms with E-state index in [0.29, 0.717) is 10.8 Å². The van der Waals surface area contributed by atoms with Gasteiger partial charge in [-0.05, 0) is 17.7 Å². The molecule has 0 bridgehead atoms. The molecule has 1 N–H and O–H groups in total. The summed E-state index contributed by atoms with van der Waals surface area (Å²) in [7, 11) is 0. The van der Waals surface area contributed by atoms with Crippen molar-refractivity contribution < 1.29 is 0 Å². The van der Waals surface area contributed by atoms with E-state index < -0.39 is 0 Å². The number of nitrogens with zero attached hydrogens (tertiary/aromatic N) is 5. The van der Waals surface area contributed by atoms with E-state index in [0.717, 1.165) is 21.1 Å². The molecule has 0 atom stereocenters. The number of fused-ring (bicyclic) bond motifs is 1. The van der Waals surface area contributed by atoms with Crippen molar-refractivity contribution in [3.05, 3.63) is 29.7 Å². The summed E-state index contributed by atoms with van der Waals surface area (Å²) in [4.78, 5) is 23.9. The average molecular weight is 307 g/mol. The second-order valence-electron chi connectivity index (χ2n) is 4.42. The Labute approximate surface area is 124 Å². The molecule has 0 fully saturated rings. The molecule has 0 aliphatic rings. The highest BCUT2D eigenvalue weighted by Crippen LogP contribution is 2.35. The van der Waals surface area contributed by atoms with Gasteiger partial charge >= 0.3 is 0 Å². The lowest BCUT2D eigenvalue weighted by Crippen LogP contribution is -1.98. The molecule has 0 amide bonds. The fourth-order valence-corrected chi connectivity index (χ4v) is 3.32. The van der Waals surface area contributed by atoms with Crippen LogP contribution in [0, 0.1) is 0 Å². The average Bonchev–Trinajstić information content (AvgIpc) is 2.87. The van der Waals surface area contributed by atoms with Crippen molar-refractivity contribution in [2.24, 2.45) is 0 Å². The van der Waals surface area contributed by atoms with Crippen molar-refractivity contribution >= 4 is 34.5 Å². The minimum atomic E-state index is 0.227. The molecule has 3 rings (SSSR count). The maximum Gasteiger partial charge on any atom is 0.181 e. The van der Waals surface area contributed by atoms with Gasteiger partial charge in [-0.1, -0.05) is 25.4 Å². The quantitative estimate of drug-likeness (QED) is 0.749. The van der Waals surface area contributed by atoms with Crippen LogP contribution in [0.15, 0.2) is 29.0 Å². The van der Waals surface area contributed by atoms with Gasteiger partial charge in [-0.3, -0.25) is 0 Å². The molecule has 0 aromatic carbocycles. The molecular weight excluding hydrogens is 296 g/mol. The van der Waals surface area contributed by atoms with E-state index in [4.69, 9.17) is 11.6 Å². The molecule has 3 heterocycles. The van der Waals surface area contributed by atoms with E-state index in [2.05, 4.69) is 43.8 Å². The topological polar surface area (TPSA) is 80.2 Å². The molecule has 6 nitrogen and oxygen atoms in total. The maximum atomic E-state index is 6.17. The molecule has 0 aliphatic heterocycles. The second-order valence-corrected chi connectivity index (χ2v) is 5.76. The van der Waals surface area contributed by atoms with Crippen LogP contribution in [0.25, 0.3) is 11.2 Å². The van der Waals surface area contributed by atoms with Gasteiger partial charge < -0.3 is 4.98 Å². The summed E-state index contributed by atoms with van der Waals surface area (Å²) in [5.41, 5.74) is 2.35. The molecule has 8 heteroatoms. The Kier molecular flexibility index (Phi) is 3.54. The van der Waals surface area contributed by atoms with E-state index in [-0.39, 0.29) is 5.92 Å². The van der Waals surface area contributed by atoms with Crippen molar-refractivity contribution in [1.29, 1.82) is 0 Å². The number of H-pyrrole nitrogens is 1. The van der Waals surface area contributed by atoms with Crippen molar-refractivity contribution in [2.75, 3.05) is 0 Å². The Bertz CT molecular complexity index is 757. The van der Waals surface area contributed by atoms with Crippen molar-refractivity contribution in [3.8, 4) is 0 Å². The van der Waals surface area contributed by atoms with Crippen LogP contribution in [0.3, 0.4) is 0 Å². The first-order valence-electron chi connectivity index (χ1n) is 5.99. The third-order valence-corrected chi connectivity index (χ3v) is 4.08. The van der Waals surface area contributed by atoms with Gasteiger partial charge in [0.1, 0.15) is 33.4 Å². The summed E-state index contributed by atoms with van der Waals surface area (Å²) in [6.07, 6.45) is 4.55. The number of aromatic amines is 1. The van der Waals surface area contributed by atoms with Gasteiger partial charge in [0.05, 0.1) is 6.33 Å². The minimum absolute atomic E-state index is 0.227. The third kappa shape index (κ3) is 2.34. The summed E-state index contributed by atoms with van der Waals surface area (Å²) in [5, 5.41) is 2.05. The maximum absolute atomic E-state index is 6.17. The largest absolute Gasteiger partial charge is 0.341 e. The predicted octanol–water partition coefficient (Wildman–Crippen LogP) is 3.07. The SMILES string of the molecule is CC(C)c1c(Cl)ncnc1Sc1ncnc2nc[nH]c12. The Morgan fingerprint density at radius 1 is 1.05 bits per heavy atom. The van der Waals surface area contributed by atoms with Gasteiger partial charge in [0.2, 0.25) is 0 Å². The molecule has 102 valence electrons. The molecule has 0 saturated heterocycles. The smallest absolute Gasteiger partial charge is 0.181 e. The van der Waals surface area contributed by atoms with Crippen LogP contribution >= 0.6 is 23.4 Å². The first kappa shape index (κ1) is 13.3. The van der Waals surface area contributed by atoms with E-state index in [1.807, 2.05) is 0 Å². The fourth-order valence-electron chi connectivity index (χ4n) is 1.84. The number of hydrogen-bond donors (Lipinski definition) is 1. The van der Waals surface area contributed by atoms with Crippen LogP contribution in [-0.2, 0) is 0 Å². The number of hydrogen-bond acceptors (Lipinski definition) is 6. The Hall–Kier alpha value is -1.73.